The van der Waals surface area contributed by atoms with Crippen molar-refractivity contribution < 1.29 is 4.74 Å². The molecule has 0 spiro atoms. The molecule has 1 aromatic rings. The summed E-state index contributed by atoms with van der Waals surface area (Å²) in [7, 11) is 0. The lowest BCUT2D eigenvalue weighted by Crippen LogP contribution is -2.45. The molecule has 2 rings (SSSR count). The third-order valence-electron chi connectivity index (χ3n) is 2.94. The second kappa shape index (κ2) is 4.29. The number of hydrogen-bond donors (Lipinski definition) is 1. The molecule has 0 unspecified atom stereocenters. The maximum Gasteiger partial charge on any atom is 0.250 e. The summed E-state index contributed by atoms with van der Waals surface area (Å²) in [5, 5.41) is 3.35. The van der Waals surface area contributed by atoms with Crippen LogP contribution in [0.1, 0.15) is 13.8 Å². The molecule has 1 aliphatic rings. The SMILES string of the molecule is CCn1cc(NCC2(C)COC2)ccc1=O. The van der Waals surface area contributed by atoms with E-state index in [1.807, 2.05) is 19.2 Å². The molecule has 0 atom stereocenters. The zero-order valence-corrected chi connectivity index (χ0v) is 9.82. The third-order valence-corrected chi connectivity index (χ3v) is 2.94. The number of anilines is 1. The quantitative estimate of drug-likeness (QED) is 0.835. The molecule has 0 amide bonds. The molecule has 0 aliphatic carbocycles. The van der Waals surface area contributed by atoms with Gasteiger partial charge in [0.25, 0.3) is 5.56 Å². The fourth-order valence-electron chi connectivity index (χ4n) is 1.75. The van der Waals surface area contributed by atoms with Crippen LogP contribution in [0.2, 0.25) is 0 Å². The zero-order valence-electron chi connectivity index (χ0n) is 9.82. The van der Waals surface area contributed by atoms with Gasteiger partial charge in [0.1, 0.15) is 0 Å². The van der Waals surface area contributed by atoms with Crippen LogP contribution in [0.15, 0.2) is 23.1 Å². The Balaban J connectivity index is 2.01. The molecule has 88 valence electrons. The molecular weight excluding hydrogens is 204 g/mol. The maximum absolute atomic E-state index is 11.4. The van der Waals surface area contributed by atoms with Crippen molar-refractivity contribution in [2.45, 2.75) is 20.4 Å². The topological polar surface area (TPSA) is 43.3 Å². The second-order valence-corrected chi connectivity index (χ2v) is 4.70. The van der Waals surface area contributed by atoms with Gasteiger partial charge in [0.15, 0.2) is 0 Å². The molecule has 2 heterocycles. The lowest BCUT2D eigenvalue weighted by molar-refractivity contribution is -0.0924. The average Bonchev–Trinajstić information content (AvgIpc) is 2.25. The van der Waals surface area contributed by atoms with Crippen LogP contribution in [0.3, 0.4) is 0 Å². The fourth-order valence-corrected chi connectivity index (χ4v) is 1.75. The molecule has 1 N–H and O–H groups in total. The van der Waals surface area contributed by atoms with Crippen LogP contribution >= 0.6 is 0 Å². The number of pyridine rings is 1. The van der Waals surface area contributed by atoms with Crippen molar-refractivity contribution in [1.82, 2.24) is 4.57 Å². The highest BCUT2D eigenvalue weighted by atomic mass is 16.5. The molecule has 0 bridgehead atoms. The zero-order chi connectivity index (χ0) is 11.6. The van der Waals surface area contributed by atoms with Gasteiger partial charge in [0.05, 0.1) is 18.9 Å². The molecule has 0 radical (unpaired) electrons. The lowest BCUT2D eigenvalue weighted by Gasteiger charge is -2.38. The summed E-state index contributed by atoms with van der Waals surface area (Å²) in [5.41, 5.74) is 1.29. The largest absolute Gasteiger partial charge is 0.383 e. The molecule has 1 aliphatic heterocycles. The van der Waals surface area contributed by atoms with Crippen LogP contribution in [0, 0.1) is 5.41 Å². The minimum Gasteiger partial charge on any atom is -0.383 e. The summed E-state index contributed by atoms with van der Waals surface area (Å²) in [5.74, 6) is 0. The van der Waals surface area contributed by atoms with E-state index >= 15 is 0 Å². The molecule has 0 saturated carbocycles. The van der Waals surface area contributed by atoms with E-state index in [1.165, 1.54) is 0 Å². The Bertz CT molecular complexity index is 421. The Hall–Kier alpha value is -1.29. The second-order valence-electron chi connectivity index (χ2n) is 4.70. The fraction of sp³-hybridized carbons (Fsp3) is 0.583. The van der Waals surface area contributed by atoms with Crippen LogP contribution in [0.25, 0.3) is 0 Å². The van der Waals surface area contributed by atoms with Crippen molar-refractivity contribution in [1.29, 1.82) is 0 Å². The maximum atomic E-state index is 11.4. The van der Waals surface area contributed by atoms with E-state index in [4.69, 9.17) is 4.74 Å². The van der Waals surface area contributed by atoms with Crippen LogP contribution < -0.4 is 10.9 Å². The van der Waals surface area contributed by atoms with E-state index in [2.05, 4.69) is 12.2 Å². The van der Waals surface area contributed by atoms with Crippen LogP contribution in [-0.4, -0.2) is 24.3 Å². The van der Waals surface area contributed by atoms with Gasteiger partial charge < -0.3 is 14.6 Å². The van der Waals surface area contributed by atoms with Gasteiger partial charge in [-0.2, -0.15) is 0 Å². The standard InChI is InChI=1S/C12H18N2O2/c1-3-14-6-10(4-5-11(14)15)13-7-12(2)8-16-9-12/h4-6,13H,3,7-9H2,1-2H3. The number of aromatic nitrogens is 1. The Morgan fingerprint density at radius 3 is 2.81 bits per heavy atom. The summed E-state index contributed by atoms with van der Waals surface area (Å²) in [6.07, 6.45) is 1.87. The predicted molar refractivity (Wildman–Crippen MR) is 63.8 cm³/mol. The number of rotatable bonds is 4. The van der Waals surface area contributed by atoms with Crippen molar-refractivity contribution in [3.63, 3.8) is 0 Å². The van der Waals surface area contributed by atoms with Gasteiger partial charge in [0.2, 0.25) is 0 Å². The van der Waals surface area contributed by atoms with Crippen molar-refractivity contribution in [3.05, 3.63) is 28.7 Å². The first kappa shape index (κ1) is 11.2. The Morgan fingerprint density at radius 2 is 2.25 bits per heavy atom. The van der Waals surface area contributed by atoms with E-state index in [0.29, 0.717) is 6.54 Å². The van der Waals surface area contributed by atoms with E-state index in [-0.39, 0.29) is 11.0 Å². The van der Waals surface area contributed by atoms with Gasteiger partial charge in [-0.3, -0.25) is 4.79 Å². The molecule has 4 nitrogen and oxygen atoms in total. The highest BCUT2D eigenvalue weighted by molar-refractivity contribution is 5.40. The highest BCUT2D eigenvalue weighted by Crippen LogP contribution is 2.26. The number of ether oxygens (including phenoxy) is 1. The van der Waals surface area contributed by atoms with Gasteiger partial charge >= 0.3 is 0 Å². The molecule has 4 heteroatoms. The first-order chi connectivity index (χ1) is 7.63. The summed E-state index contributed by atoms with van der Waals surface area (Å²) in [6.45, 7) is 7.37. The number of nitrogens with zero attached hydrogens (tertiary/aromatic N) is 1. The highest BCUT2D eigenvalue weighted by Gasteiger charge is 2.32. The van der Waals surface area contributed by atoms with E-state index < -0.39 is 0 Å². The summed E-state index contributed by atoms with van der Waals surface area (Å²) in [4.78, 5) is 11.4. The van der Waals surface area contributed by atoms with Gasteiger partial charge in [0, 0.05) is 30.8 Å². The molecule has 1 fully saturated rings. The van der Waals surface area contributed by atoms with E-state index in [1.54, 1.807) is 10.6 Å². The number of nitrogens with one attached hydrogen (secondary N) is 1. The summed E-state index contributed by atoms with van der Waals surface area (Å²) < 4.78 is 6.89. The van der Waals surface area contributed by atoms with Gasteiger partial charge in [-0.1, -0.05) is 6.92 Å². The molecule has 1 saturated heterocycles. The Labute approximate surface area is 95.2 Å². The van der Waals surface area contributed by atoms with Gasteiger partial charge in [-0.15, -0.1) is 0 Å². The Morgan fingerprint density at radius 1 is 1.50 bits per heavy atom. The third kappa shape index (κ3) is 2.27. The first-order valence-corrected chi connectivity index (χ1v) is 5.65. The minimum atomic E-state index is 0.0474. The van der Waals surface area contributed by atoms with E-state index in [9.17, 15) is 4.79 Å². The minimum absolute atomic E-state index is 0.0474. The van der Waals surface area contributed by atoms with Crippen molar-refractivity contribution >= 4 is 5.69 Å². The van der Waals surface area contributed by atoms with Gasteiger partial charge in [-0.05, 0) is 13.0 Å². The first-order valence-electron chi connectivity index (χ1n) is 5.65. The molecule has 0 aromatic carbocycles. The van der Waals surface area contributed by atoms with Gasteiger partial charge in [-0.25, -0.2) is 0 Å². The van der Waals surface area contributed by atoms with Crippen LogP contribution in [0.5, 0.6) is 0 Å². The van der Waals surface area contributed by atoms with E-state index in [0.717, 1.165) is 25.4 Å². The number of aryl methyl sites for hydroxylation is 1. The molecule has 1 aromatic heterocycles. The van der Waals surface area contributed by atoms with Crippen molar-refractivity contribution in [3.8, 4) is 0 Å². The van der Waals surface area contributed by atoms with Crippen LogP contribution in [-0.2, 0) is 11.3 Å². The normalized spacial score (nSPS) is 17.9. The number of hydrogen-bond acceptors (Lipinski definition) is 3. The molecule has 16 heavy (non-hydrogen) atoms. The summed E-state index contributed by atoms with van der Waals surface area (Å²) in [6, 6.07) is 3.43. The van der Waals surface area contributed by atoms with Crippen molar-refractivity contribution in [2.75, 3.05) is 25.1 Å². The monoisotopic (exact) mass is 222 g/mol. The predicted octanol–water partition coefficient (Wildman–Crippen LogP) is 1.32. The average molecular weight is 222 g/mol. The van der Waals surface area contributed by atoms with Crippen LogP contribution in [0.4, 0.5) is 5.69 Å². The Kier molecular flexibility index (Phi) is 3.01. The lowest BCUT2D eigenvalue weighted by atomic mass is 9.89. The van der Waals surface area contributed by atoms with Crippen molar-refractivity contribution in [2.24, 2.45) is 5.41 Å². The smallest absolute Gasteiger partial charge is 0.250 e. The molecular formula is C12H18N2O2. The summed E-state index contributed by atoms with van der Waals surface area (Å²) >= 11 is 0.